The number of hydrogen-bond acceptors (Lipinski definition) is 3. The lowest BCUT2D eigenvalue weighted by Gasteiger charge is -2.28. The van der Waals surface area contributed by atoms with Crippen molar-refractivity contribution in [1.29, 1.82) is 0 Å². The molecule has 1 aromatic carbocycles. The number of aryl methyl sites for hydroxylation is 2. The van der Waals surface area contributed by atoms with Crippen LogP contribution in [0.25, 0.3) is 11.3 Å². The Bertz CT molecular complexity index is 696. The quantitative estimate of drug-likeness (QED) is 0.806. The summed E-state index contributed by atoms with van der Waals surface area (Å²) in [4.78, 5) is 22.7. The molecule has 0 bridgehead atoms. The van der Waals surface area contributed by atoms with Gasteiger partial charge in [0.15, 0.2) is 0 Å². The van der Waals surface area contributed by atoms with Gasteiger partial charge in [0.05, 0.1) is 11.4 Å². The van der Waals surface area contributed by atoms with Gasteiger partial charge >= 0.3 is 0 Å². The second-order valence-electron chi connectivity index (χ2n) is 5.60. The third-order valence-corrected chi connectivity index (χ3v) is 3.94. The van der Waals surface area contributed by atoms with Crippen molar-refractivity contribution >= 4 is 5.91 Å². The Hall–Kier alpha value is -2.27. The lowest BCUT2D eigenvalue weighted by Crippen LogP contribution is -2.35. The molecular formula is C17H21N3O2. The van der Waals surface area contributed by atoms with Crippen LogP contribution in [0.15, 0.2) is 24.3 Å². The van der Waals surface area contributed by atoms with E-state index in [1.807, 2.05) is 11.8 Å². The molecule has 3 rings (SSSR count). The molecule has 0 atom stereocenters. The minimum absolute atomic E-state index is 0. The van der Waals surface area contributed by atoms with Gasteiger partial charge in [-0.15, -0.1) is 0 Å². The first-order valence-corrected chi connectivity index (χ1v) is 7.23. The van der Waals surface area contributed by atoms with Gasteiger partial charge in [-0.3, -0.25) is 4.79 Å². The molecule has 2 N–H and O–H groups in total. The van der Waals surface area contributed by atoms with Gasteiger partial charge in [-0.2, -0.15) is 0 Å². The first kappa shape index (κ1) is 16.1. The van der Waals surface area contributed by atoms with E-state index >= 15 is 0 Å². The number of carbonyl (C=O) groups is 1. The maximum atomic E-state index is 11.7. The van der Waals surface area contributed by atoms with Crippen LogP contribution in [0.2, 0.25) is 0 Å². The topological polar surface area (TPSA) is 77.6 Å². The first-order valence-electron chi connectivity index (χ1n) is 7.23. The number of rotatable bonds is 1. The molecule has 1 amide bonds. The Morgan fingerprint density at radius 3 is 2.45 bits per heavy atom. The van der Waals surface area contributed by atoms with E-state index < -0.39 is 0 Å². The number of hydrogen-bond donors (Lipinski definition) is 0. The summed E-state index contributed by atoms with van der Waals surface area (Å²) in [5.74, 6) is 0.900. The second kappa shape index (κ2) is 6.23. The lowest BCUT2D eigenvalue weighted by atomic mass is 9.98. The van der Waals surface area contributed by atoms with E-state index in [9.17, 15) is 4.79 Å². The standard InChI is InChI=1S/C17H19N3O.H2O/c1-11-4-6-14(7-5-11)17-15-10-20(13(3)21)9-8-16(15)18-12(2)19-17;/h4-7H,8-10H2,1-3H3;1H2. The second-order valence-corrected chi connectivity index (χ2v) is 5.60. The normalized spacial score (nSPS) is 13.3. The molecule has 0 aliphatic carbocycles. The van der Waals surface area contributed by atoms with Crippen LogP contribution in [0.3, 0.4) is 0 Å². The summed E-state index contributed by atoms with van der Waals surface area (Å²) in [6, 6.07) is 8.35. The zero-order valence-electron chi connectivity index (χ0n) is 13.2. The van der Waals surface area contributed by atoms with Crippen LogP contribution in [0.5, 0.6) is 0 Å². The fraction of sp³-hybridized carbons (Fsp3) is 0.353. The summed E-state index contributed by atoms with van der Waals surface area (Å²) in [5.41, 5.74) is 5.45. The monoisotopic (exact) mass is 299 g/mol. The molecule has 0 unspecified atom stereocenters. The van der Waals surface area contributed by atoms with Crippen molar-refractivity contribution in [3.8, 4) is 11.3 Å². The summed E-state index contributed by atoms with van der Waals surface area (Å²) in [6.45, 7) is 6.96. The van der Waals surface area contributed by atoms with Gasteiger partial charge < -0.3 is 10.4 Å². The Morgan fingerprint density at radius 2 is 1.82 bits per heavy atom. The summed E-state index contributed by atoms with van der Waals surface area (Å²) >= 11 is 0. The number of benzene rings is 1. The van der Waals surface area contributed by atoms with Crippen molar-refractivity contribution in [2.45, 2.75) is 33.7 Å². The van der Waals surface area contributed by atoms with Gasteiger partial charge in [0.2, 0.25) is 5.91 Å². The van der Waals surface area contributed by atoms with E-state index in [-0.39, 0.29) is 11.4 Å². The number of aromatic nitrogens is 2. The maximum Gasteiger partial charge on any atom is 0.219 e. The molecule has 0 saturated carbocycles. The van der Waals surface area contributed by atoms with Crippen LogP contribution in [-0.2, 0) is 17.8 Å². The summed E-state index contributed by atoms with van der Waals surface area (Å²) in [5, 5.41) is 0. The maximum absolute atomic E-state index is 11.7. The van der Waals surface area contributed by atoms with Crippen molar-refractivity contribution in [2.75, 3.05) is 6.54 Å². The highest BCUT2D eigenvalue weighted by atomic mass is 16.2. The van der Waals surface area contributed by atoms with E-state index in [2.05, 4.69) is 41.2 Å². The molecular weight excluding hydrogens is 278 g/mol. The molecule has 0 radical (unpaired) electrons. The van der Waals surface area contributed by atoms with Gasteiger partial charge in [-0.1, -0.05) is 29.8 Å². The third-order valence-electron chi connectivity index (χ3n) is 3.94. The van der Waals surface area contributed by atoms with E-state index in [0.717, 1.165) is 41.3 Å². The lowest BCUT2D eigenvalue weighted by molar-refractivity contribution is -0.129. The molecule has 0 saturated heterocycles. The first-order chi connectivity index (χ1) is 10.0. The highest BCUT2D eigenvalue weighted by Gasteiger charge is 2.23. The van der Waals surface area contributed by atoms with Crippen LogP contribution < -0.4 is 0 Å². The molecule has 1 aliphatic rings. The summed E-state index contributed by atoms with van der Waals surface area (Å²) < 4.78 is 0. The van der Waals surface area contributed by atoms with Gasteiger partial charge in [0.1, 0.15) is 5.82 Å². The van der Waals surface area contributed by atoms with E-state index in [1.165, 1.54) is 5.56 Å². The SMILES string of the molecule is CC(=O)N1CCc2nc(C)nc(-c3ccc(C)cc3)c2C1.O. The largest absolute Gasteiger partial charge is 0.412 e. The minimum atomic E-state index is 0. The van der Waals surface area contributed by atoms with Gasteiger partial charge in [0.25, 0.3) is 0 Å². The van der Waals surface area contributed by atoms with Crippen molar-refractivity contribution < 1.29 is 10.3 Å². The van der Waals surface area contributed by atoms with Crippen molar-refractivity contribution in [2.24, 2.45) is 0 Å². The highest BCUT2D eigenvalue weighted by Crippen LogP contribution is 2.28. The molecule has 116 valence electrons. The predicted molar refractivity (Wildman–Crippen MR) is 85.4 cm³/mol. The molecule has 0 fully saturated rings. The minimum Gasteiger partial charge on any atom is -0.412 e. The van der Waals surface area contributed by atoms with E-state index in [1.54, 1.807) is 6.92 Å². The molecule has 0 spiro atoms. The van der Waals surface area contributed by atoms with E-state index in [0.29, 0.717) is 6.54 Å². The average Bonchev–Trinajstić information content (AvgIpc) is 2.46. The molecule has 1 aromatic heterocycles. The van der Waals surface area contributed by atoms with Gasteiger partial charge in [-0.05, 0) is 13.8 Å². The molecule has 2 heterocycles. The molecule has 22 heavy (non-hydrogen) atoms. The van der Waals surface area contributed by atoms with Gasteiger partial charge in [0, 0.05) is 37.6 Å². The van der Waals surface area contributed by atoms with E-state index in [4.69, 9.17) is 0 Å². The predicted octanol–water partition coefficient (Wildman–Crippen LogP) is 1.84. The number of amides is 1. The van der Waals surface area contributed by atoms with Crippen LogP contribution in [0.4, 0.5) is 0 Å². The number of fused-ring (bicyclic) bond motifs is 1. The smallest absolute Gasteiger partial charge is 0.219 e. The summed E-state index contributed by atoms with van der Waals surface area (Å²) in [7, 11) is 0. The Labute approximate surface area is 130 Å². The zero-order chi connectivity index (χ0) is 15.0. The van der Waals surface area contributed by atoms with Crippen LogP contribution >= 0.6 is 0 Å². The highest BCUT2D eigenvalue weighted by molar-refractivity contribution is 5.74. The van der Waals surface area contributed by atoms with Crippen LogP contribution in [0, 0.1) is 13.8 Å². The molecule has 1 aliphatic heterocycles. The molecule has 2 aromatic rings. The molecule has 5 nitrogen and oxygen atoms in total. The van der Waals surface area contributed by atoms with Crippen molar-refractivity contribution in [3.63, 3.8) is 0 Å². The number of carbonyl (C=O) groups excluding carboxylic acids is 1. The van der Waals surface area contributed by atoms with Gasteiger partial charge in [-0.25, -0.2) is 9.97 Å². The van der Waals surface area contributed by atoms with Crippen molar-refractivity contribution in [3.05, 3.63) is 46.9 Å². The Kier molecular flexibility index (Phi) is 4.56. The molecule has 5 heteroatoms. The Balaban J connectivity index is 0.00000176. The summed E-state index contributed by atoms with van der Waals surface area (Å²) in [6.07, 6.45) is 0.803. The zero-order valence-corrected chi connectivity index (χ0v) is 13.2. The fourth-order valence-corrected chi connectivity index (χ4v) is 2.76. The fourth-order valence-electron chi connectivity index (χ4n) is 2.76. The van der Waals surface area contributed by atoms with Crippen LogP contribution in [0.1, 0.15) is 29.6 Å². The third kappa shape index (κ3) is 2.99. The average molecular weight is 299 g/mol. The number of nitrogens with zero attached hydrogens (tertiary/aromatic N) is 3. The Morgan fingerprint density at radius 1 is 1.14 bits per heavy atom. The van der Waals surface area contributed by atoms with Crippen LogP contribution in [-0.4, -0.2) is 32.8 Å². The van der Waals surface area contributed by atoms with Crippen molar-refractivity contribution in [1.82, 2.24) is 14.9 Å².